The molecule has 0 N–H and O–H groups in total. The van der Waals surface area contributed by atoms with Crippen molar-refractivity contribution in [3.8, 4) is 0 Å². The van der Waals surface area contributed by atoms with Gasteiger partial charge in [-0.3, -0.25) is 14.6 Å². The van der Waals surface area contributed by atoms with Crippen molar-refractivity contribution in [2.24, 2.45) is 0 Å². The number of likely N-dealkylation sites (N-methyl/N-ethyl adjacent to an activating group) is 1. The van der Waals surface area contributed by atoms with Crippen LogP contribution >= 0.6 is 12.6 Å². The summed E-state index contributed by atoms with van der Waals surface area (Å²) in [6.45, 7) is 5.00. The molecule has 0 aromatic carbocycles. The van der Waals surface area contributed by atoms with Gasteiger partial charge in [0.1, 0.15) is 6.17 Å². The van der Waals surface area contributed by atoms with Crippen LogP contribution in [0, 0.1) is 0 Å². The molecule has 0 spiro atoms. The van der Waals surface area contributed by atoms with Gasteiger partial charge in [0, 0.05) is 13.1 Å². The number of carbonyl (C=O) groups is 1. The Labute approximate surface area is 91.9 Å². The van der Waals surface area contributed by atoms with Crippen LogP contribution in [0.5, 0.6) is 0 Å². The third kappa shape index (κ3) is 2.97. The second-order valence-corrected chi connectivity index (χ2v) is 4.32. The summed E-state index contributed by atoms with van der Waals surface area (Å²) >= 11 is 3.97. The van der Waals surface area contributed by atoms with E-state index in [9.17, 15) is 4.79 Å². The quantitative estimate of drug-likeness (QED) is 0.715. The lowest BCUT2D eigenvalue weighted by Crippen LogP contribution is -2.52. The minimum Gasteiger partial charge on any atom is -0.284 e. The van der Waals surface area contributed by atoms with Crippen molar-refractivity contribution in [3.05, 3.63) is 0 Å². The van der Waals surface area contributed by atoms with Crippen LogP contribution in [0.15, 0.2) is 0 Å². The minimum absolute atomic E-state index is 0.0312. The van der Waals surface area contributed by atoms with Crippen LogP contribution in [-0.4, -0.2) is 47.8 Å². The molecule has 0 radical (unpaired) electrons. The number of hydrogen-bond acceptors (Lipinski definition) is 3. The van der Waals surface area contributed by atoms with E-state index in [1.807, 2.05) is 7.05 Å². The fraction of sp³-hybridized carbons (Fsp3) is 0.900. The number of piperidine rings is 1. The third-order valence-corrected chi connectivity index (χ3v) is 3.10. The molecule has 14 heavy (non-hydrogen) atoms. The number of carbonyl (C=O) groups excluding carboxylic acids is 1. The SMILES string of the molecule is CCN(C)[C@@H](C(=O)S)N1CCCCC1. The third-order valence-electron chi connectivity index (χ3n) is 2.87. The van der Waals surface area contributed by atoms with Crippen molar-refractivity contribution in [2.75, 3.05) is 26.7 Å². The van der Waals surface area contributed by atoms with E-state index in [-0.39, 0.29) is 11.3 Å². The lowest BCUT2D eigenvalue weighted by molar-refractivity contribution is -0.121. The number of nitrogens with zero attached hydrogens (tertiary/aromatic N) is 2. The summed E-state index contributed by atoms with van der Waals surface area (Å²) in [5, 5.41) is -0.0312. The highest BCUT2D eigenvalue weighted by Gasteiger charge is 2.27. The zero-order chi connectivity index (χ0) is 10.6. The van der Waals surface area contributed by atoms with Crippen LogP contribution < -0.4 is 0 Å². The average Bonchev–Trinajstić information content (AvgIpc) is 2.19. The molecule has 1 aliphatic heterocycles. The molecule has 0 saturated carbocycles. The van der Waals surface area contributed by atoms with Crippen LogP contribution in [-0.2, 0) is 4.79 Å². The van der Waals surface area contributed by atoms with Crippen LogP contribution in [0.2, 0.25) is 0 Å². The molecule has 0 aromatic rings. The highest BCUT2D eigenvalue weighted by molar-refractivity contribution is 7.96. The summed E-state index contributed by atoms with van der Waals surface area (Å²) in [6, 6.07) is 0. The molecule has 82 valence electrons. The van der Waals surface area contributed by atoms with E-state index >= 15 is 0 Å². The molecule has 1 heterocycles. The number of thiol groups is 1. The zero-order valence-electron chi connectivity index (χ0n) is 9.07. The monoisotopic (exact) mass is 216 g/mol. The lowest BCUT2D eigenvalue weighted by Gasteiger charge is -2.37. The van der Waals surface area contributed by atoms with E-state index in [2.05, 4.69) is 29.4 Å². The van der Waals surface area contributed by atoms with Gasteiger partial charge in [-0.2, -0.15) is 0 Å². The molecule has 0 amide bonds. The van der Waals surface area contributed by atoms with Gasteiger partial charge in [0.15, 0.2) is 0 Å². The van der Waals surface area contributed by atoms with Gasteiger partial charge in [0.2, 0.25) is 5.12 Å². The van der Waals surface area contributed by atoms with Crippen LogP contribution in [0.25, 0.3) is 0 Å². The summed E-state index contributed by atoms with van der Waals surface area (Å²) in [5.74, 6) is 0. The van der Waals surface area contributed by atoms with Gasteiger partial charge in [-0.05, 0) is 26.4 Å². The molecule has 0 aliphatic carbocycles. The van der Waals surface area contributed by atoms with E-state index < -0.39 is 0 Å². The van der Waals surface area contributed by atoms with E-state index in [0.717, 1.165) is 19.6 Å². The Hall–Kier alpha value is -0.0600. The maximum absolute atomic E-state index is 11.4. The second-order valence-electron chi connectivity index (χ2n) is 3.88. The molecular formula is C10H20N2OS. The smallest absolute Gasteiger partial charge is 0.217 e. The lowest BCUT2D eigenvalue weighted by atomic mass is 10.1. The minimum atomic E-state index is -0.122. The van der Waals surface area contributed by atoms with E-state index in [1.54, 1.807) is 0 Å². The normalized spacial score (nSPS) is 21.1. The molecule has 1 atom stereocenters. The Balaban J connectivity index is 2.60. The molecule has 0 aromatic heterocycles. The van der Waals surface area contributed by atoms with Gasteiger partial charge in [-0.1, -0.05) is 13.3 Å². The standard InChI is InChI=1S/C10H20N2OS/c1-3-11(2)9(10(13)14)12-7-5-4-6-8-12/h9H,3-8H2,1-2H3,(H,13,14)/t9-/m1/s1. The van der Waals surface area contributed by atoms with Gasteiger partial charge < -0.3 is 0 Å². The van der Waals surface area contributed by atoms with Gasteiger partial charge in [-0.25, -0.2) is 0 Å². The Morgan fingerprint density at radius 1 is 1.43 bits per heavy atom. The second kappa shape index (κ2) is 5.73. The summed E-state index contributed by atoms with van der Waals surface area (Å²) in [4.78, 5) is 15.7. The molecule has 1 aliphatic rings. The van der Waals surface area contributed by atoms with Crippen LogP contribution in [0.3, 0.4) is 0 Å². The number of rotatable bonds is 4. The van der Waals surface area contributed by atoms with E-state index in [4.69, 9.17) is 0 Å². The molecule has 0 unspecified atom stereocenters. The summed E-state index contributed by atoms with van der Waals surface area (Å²) in [6.07, 6.45) is 3.58. The predicted molar refractivity (Wildman–Crippen MR) is 61.5 cm³/mol. The molecule has 4 heteroatoms. The Bertz CT molecular complexity index is 193. The van der Waals surface area contributed by atoms with Crippen molar-refractivity contribution >= 4 is 17.7 Å². The molecule has 1 fully saturated rings. The van der Waals surface area contributed by atoms with Crippen molar-refractivity contribution in [3.63, 3.8) is 0 Å². The number of likely N-dealkylation sites (tertiary alicyclic amines) is 1. The molecule has 1 saturated heterocycles. The van der Waals surface area contributed by atoms with Crippen LogP contribution in [0.4, 0.5) is 0 Å². The Morgan fingerprint density at radius 3 is 2.43 bits per heavy atom. The summed E-state index contributed by atoms with van der Waals surface area (Å²) in [7, 11) is 1.98. The van der Waals surface area contributed by atoms with Crippen molar-refractivity contribution in [1.82, 2.24) is 9.80 Å². The largest absolute Gasteiger partial charge is 0.284 e. The first-order valence-electron chi connectivity index (χ1n) is 5.34. The maximum atomic E-state index is 11.4. The summed E-state index contributed by atoms with van der Waals surface area (Å²) < 4.78 is 0. The molecule has 3 nitrogen and oxygen atoms in total. The van der Waals surface area contributed by atoms with Crippen molar-refractivity contribution in [1.29, 1.82) is 0 Å². The van der Waals surface area contributed by atoms with E-state index in [1.165, 1.54) is 19.3 Å². The average molecular weight is 216 g/mol. The first-order valence-corrected chi connectivity index (χ1v) is 5.78. The van der Waals surface area contributed by atoms with Gasteiger partial charge in [0.05, 0.1) is 0 Å². The highest BCUT2D eigenvalue weighted by Crippen LogP contribution is 2.15. The first kappa shape index (κ1) is 12.0. The zero-order valence-corrected chi connectivity index (χ0v) is 9.96. The summed E-state index contributed by atoms with van der Waals surface area (Å²) in [5.41, 5.74) is 0. The van der Waals surface area contributed by atoms with Gasteiger partial charge >= 0.3 is 0 Å². The van der Waals surface area contributed by atoms with Crippen LogP contribution in [0.1, 0.15) is 26.2 Å². The van der Waals surface area contributed by atoms with Crippen molar-refractivity contribution in [2.45, 2.75) is 32.4 Å². The molecule has 0 bridgehead atoms. The van der Waals surface area contributed by atoms with E-state index in [0.29, 0.717) is 0 Å². The Morgan fingerprint density at radius 2 is 2.00 bits per heavy atom. The maximum Gasteiger partial charge on any atom is 0.217 e. The van der Waals surface area contributed by atoms with Gasteiger partial charge in [0.25, 0.3) is 0 Å². The fourth-order valence-corrected chi connectivity index (χ4v) is 2.32. The molecule has 1 rings (SSSR count). The highest BCUT2D eigenvalue weighted by atomic mass is 32.1. The topological polar surface area (TPSA) is 23.6 Å². The molecular weight excluding hydrogens is 196 g/mol. The number of hydrogen-bond donors (Lipinski definition) is 1. The Kier molecular flexibility index (Phi) is 4.92. The van der Waals surface area contributed by atoms with Gasteiger partial charge in [-0.15, -0.1) is 12.6 Å². The fourth-order valence-electron chi connectivity index (χ4n) is 1.96. The van der Waals surface area contributed by atoms with Crippen molar-refractivity contribution < 1.29 is 4.79 Å². The first-order chi connectivity index (χ1) is 6.66. The predicted octanol–water partition coefficient (Wildman–Crippen LogP) is 1.21.